The van der Waals surface area contributed by atoms with Crippen molar-refractivity contribution in [3.05, 3.63) is 59.9 Å². The molecule has 1 spiro atoms. The molecule has 0 N–H and O–H groups in total. The lowest BCUT2D eigenvalue weighted by molar-refractivity contribution is -0.117. The molecular weight excluding hydrogens is 328 g/mol. The Hall–Kier alpha value is -3.20. The van der Waals surface area contributed by atoms with Crippen molar-refractivity contribution in [1.82, 2.24) is 9.88 Å². The zero-order valence-corrected chi connectivity index (χ0v) is 14.3. The number of nitrogens with zero attached hydrogens (tertiary/aromatic N) is 4. The Balaban J connectivity index is 1.49. The molecule has 2 fully saturated rings. The maximum atomic E-state index is 12.6. The van der Waals surface area contributed by atoms with Crippen LogP contribution >= 0.6 is 0 Å². The minimum absolute atomic E-state index is 0.0285. The number of hydrogen-bond acceptors (Lipinski definition) is 4. The number of carbonyl (C=O) groups is 2. The first kappa shape index (κ1) is 16.3. The van der Waals surface area contributed by atoms with E-state index in [-0.39, 0.29) is 17.2 Å². The Morgan fingerprint density at radius 1 is 1.19 bits per heavy atom. The van der Waals surface area contributed by atoms with Gasteiger partial charge in [-0.2, -0.15) is 5.26 Å². The second kappa shape index (κ2) is 6.26. The molecule has 2 aliphatic heterocycles. The standard InChI is InChI=1S/C20H18N4O2/c21-11-15-3-5-17(6-4-15)24-14-20(10-18(24)25)7-9-23(13-20)19(26)16-2-1-8-22-12-16/h1-6,8,12H,7,9-10,13-14H2/t20-/m0/s1. The zero-order chi connectivity index (χ0) is 18.1. The molecular formula is C20H18N4O2. The van der Waals surface area contributed by atoms with Gasteiger partial charge in [-0.25, -0.2) is 0 Å². The van der Waals surface area contributed by atoms with Crippen molar-refractivity contribution in [2.24, 2.45) is 5.41 Å². The van der Waals surface area contributed by atoms with E-state index in [1.54, 1.807) is 41.6 Å². The second-order valence-corrected chi connectivity index (χ2v) is 7.03. The molecule has 2 saturated heterocycles. The van der Waals surface area contributed by atoms with Gasteiger partial charge in [0, 0.05) is 49.6 Å². The minimum Gasteiger partial charge on any atom is -0.338 e. The third-order valence-corrected chi connectivity index (χ3v) is 5.26. The molecule has 1 aromatic heterocycles. The van der Waals surface area contributed by atoms with E-state index in [1.165, 1.54) is 0 Å². The molecule has 6 heteroatoms. The summed E-state index contributed by atoms with van der Waals surface area (Å²) in [5.74, 6) is 0.0460. The topological polar surface area (TPSA) is 77.3 Å². The van der Waals surface area contributed by atoms with Crippen molar-refractivity contribution in [1.29, 1.82) is 5.26 Å². The van der Waals surface area contributed by atoms with E-state index in [0.29, 0.717) is 37.2 Å². The van der Waals surface area contributed by atoms with Gasteiger partial charge in [-0.15, -0.1) is 0 Å². The first-order valence-corrected chi connectivity index (χ1v) is 8.60. The first-order valence-electron chi connectivity index (χ1n) is 8.60. The van der Waals surface area contributed by atoms with Gasteiger partial charge < -0.3 is 9.80 Å². The summed E-state index contributed by atoms with van der Waals surface area (Å²) in [5.41, 5.74) is 1.77. The number of pyridine rings is 1. The van der Waals surface area contributed by atoms with Gasteiger partial charge in [-0.3, -0.25) is 14.6 Å². The number of likely N-dealkylation sites (tertiary alicyclic amines) is 1. The summed E-state index contributed by atoms with van der Waals surface area (Å²) in [6.07, 6.45) is 4.49. The zero-order valence-electron chi connectivity index (χ0n) is 14.3. The molecule has 26 heavy (non-hydrogen) atoms. The van der Waals surface area contributed by atoms with Crippen LogP contribution in [0.5, 0.6) is 0 Å². The van der Waals surface area contributed by atoms with E-state index < -0.39 is 0 Å². The summed E-state index contributed by atoms with van der Waals surface area (Å²) in [5, 5.41) is 8.92. The third-order valence-electron chi connectivity index (χ3n) is 5.26. The van der Waals surface area contributed by atoms with Crippen molar-refractivity contribution in [3.8, 4) is 6.07 Å². The van der Waals surface area contributed by atoms with E-state index in [4.69, 9.17) is 5.26 Å². The van der Waals surface area contributed by atoms with Crippen molar-refractivity contribution in [2.75, 3.05) is 24.5 Å². The fourth-order valence-electron chi connectivity index (χ4n) is 3.90. The number of carbonyl (C=O) groups excluding carboxylic acids is 2. The molecule has 0 aliphatic carbocycles. The fraction of sp³-hybridized carbons (Fsp3) is 0.300. The predicted octanol–water partition coefficient (Wildman–Crippen LogP) is 2.22. The highest BCUT2D eigenvalue weighted by molar-refractivity contribution is 5.97. The van der Waals surface area contributed by atoms with Crippen molar-refractivity contribution in [2.45, 2.75) is 12.8 Å². The summed E-state index contributed by atoms with van der Waals surface area (Å²) < 4.78 is 0. The quantitative estimate of drug-likeness (QED) is 0.835. The highest BCUT2D eigenvalue weighted by atomic mass is 16.2. The Bertz CT molecular complexity index is 888. The summed E-state index contributed by atoms with van der Waals surface area (Å²) >= 11 is 0. The van der Waals surface area contributed by atoms with Crippen LogP contribution in [0.25, 0.3) is 0 Å². The lowest BCUT2D eigenvalue weighted by Gasteiger charge is -2.24. The molecule has 2 aromatic rings. The average Bonchev–Trinajstić information content (AvgIpc) is 3.25. The molecule has 6 nitrogen and oxygen atoms in total. The number of anilines is 1. The SMILES string of the molecule is N#Cc1ccc(N2C[C@@]3(CCN(C(=O)c4cccnc4)C3)CC2=O)cc1. The number of benzene rings is 1. The Morgan fingerprint density at radius 2 is 2.00 bits per heavy atom. The number of amides is 2. The van der Waals surface area contributed by atoms with Crippen molar-refractivity contribution in [3.63, 3.8) is 0 Å². The van der Waals surface area contributed by atoms with Gasteiger partial charge >= 0.3 is 0 Å². The van der Waals surface area contributed by atoms with Gasteiger partial charge in [0.15, 0.2) is 0 Å². The maximum Gasteiger partial charge on any atom is 0.255 e. The van der Waals surface area contributed by atoms with Crippen LogP contribution in [-0.4, -0.2) is 41.3 Å². The molecule has 1 atom stereocenters. The van der Waals surface area contributed by atoms with E-state index in [2.05, 4.69) is 11.1 Å². The number of aromatic nitrogens is 1. The van der Waals surface area contributed by atoms with Gasteiger partial charge in [-0.05, 0) is 42.8 Å². The van der Waals surface area contributed by atoms with Crippen molar-refractivity contribution < 1.29 is 9.59 Å². The van der Waals surface area contributed by atoms with E-state index >= 15 is 0 Å². The van der Waals surface area contributed by atoms with Crippen LogP contribution in [0.4, 0.5) is 5.69 Å². The van der Waals surface area contributed by atoms with Crippen LogP contribution in [0.15, 0.2) is 48.8 Å². The highest BCUT2D eigenvalue weighted by Gasteiger charge is 2.48. The number of hydrogen-bond donors (Lipinski definition) is 0. The maximum absolute atomic E-state index is 12.6. The summed E-state index contributed by atoms with van der Waals surface area (Å²) in [6.45, 7) is 1.84. The second-order valence-electron chi connectivity index (χ2n) is 7.03. The van der Waals surface area contributed by atoms with Crippen LogP contribution in [0.2, 0.25) is 0 Å². The van der Waals surface area contributed by atoms with Crippen LogP contribution in [-0.2, 0) is 4.79 Å². The Labute approximate surface area is 151 Å². The fourth-order valence-corrected chi connectivity index (χ4v) is 3.90. The third kappa shape index (κ3) is 2.82. The molecule has 0 saturated carbocycles. The summed E-state index contributed by atoms with van der Waals surface area (Å²) in [4.78, 5) is 32.8. The van der Waals surface area contributed by atoms with E-state index in [0.717, 1.165) is 12.1 Å². The van der Waals surface area contributed by atoms with Crippen LogP contribution < -0.4 is 4.90 Å². The molecule has 3 heterocycles. The van der Waals surface area contributed by atoms with Gasteiger partial charge in [0.25, 0.3) is 5.91 Å². The van der Waals surface area contributed by atoms with E-state index in [1.807, 2.05) is 17.0 Å². The van der Waals surface area contributed by atoms with E-state index in [9.17, 15) is 9.59 Å². The molecule has 130 valence electrons. The van der Waals surface area contributed by atoms with Gasteiger partial charge in [0.05, 0.1) is 17.2 Å². The van der Waals surface area contributed by atoms with Gasteiger partial charge in [0.1, 0.15) is 0 Å². The summed E-state index contributed by atoms with van der Waals surface area (Å²) in [7, 11) is 0. The van der Waals surface area contributed by atoms with Crippen LogP contribution in [0.1, 0.15) is 28.8 Å². The van der Waals surface area contributed by atoms with Gasteiger partial charge in [0.2, 0.25) is 5.91 Å². The van der Waals surface area contributed by atoms with Gasteiger partial charge in [-0.1, -0.05) is 0 Å². The average molecular weight is 346 g/mol. The highest BCUT2D eigenvalue weighted by Crippen LogP contribution is 2.42. The summed E-state index contributed by atoms with van der Waals surface area (Å²) in [6, 6.07) is 12.7. The monoisotopic (exact) mass is 346 g/mol. The van der Waals surface area contributed by atoms with Crippen molar-refractivity contribution >= 4 is 17.5 Å². The smallest absolute Gasteiger partial charge is 0.255 e. The number of rotatable bonds is 2. The molecule has 2 aliphatic rings. The molecule has 1 aromatic carbocycles. The predicted molar refractivity (Wildman–Crippen MR) is 95.3 cm³/mol. The van der Waals surface area contributed by atoms with Crippen LogP contribution in [0, 0.1) is 16.7 Å². The normalized spacial score (nSPS) is 22.0. The molecule has 0 bridgehead atoms. The molecule has 0 unspecified atom stereocenters. The lowest BCUT2D eigenvalue weighted by Crippen LogP contribution is -2.34. The number of nitriles is 1. The largest absolute Gasteiger partial charge is 0.338 e. The Morgan fingerprint density at radius 3 is 2.69 bits per heavy atom. The lowest BCUT2D eigenvalue weighted by atomic mass is 9.86. The molecule has 2 amide bonds. The molecule has 0 radical (unpaired) electrons. The first-order chi connectivity index (χ1) is 12.6. The molecule has 4 rings (SSSR count). The minimum atomic E-state index is -0.192. The van der Waals surface area contributed by atoms with Crippen LogP contribution in [0.3, 0.4) is 0 Å². The Kier molecular flexibility index (Phi) is 3.92.